The fourth-order valence-electron chi connectivity index (χ4n) is 1.74. The summed E-state index contributed by atoms with van der Waals surface area (Å²) >= 11 is 0. The zero-order chi connectivity index (χ0) is 13.2. The first kappa shape index (κ1) is 14.9. The van der Waals surface area contributed by atoms with Crippen molar-refractivity contribution in [2.24, 2.45) is 0 Å². The van der Waals surface area contributed by atoms with E-state index < -0.39 is 6.10 Å². The Balaban J connectivity index is 2.42. The Morgan fingerprint density at radius 2 is 2.00 bits per heavy atom. The summed E-state index contributed by atoms with van der Waals surface area (Å²) in [5, 5.41) is 18.3. The predicted octanol–water partition coefficient (Wildman–Crippen LogP) is 2.28. The minimum Gasteiger partial charge on any atom is -0.394 e. The third-order valence-electron chi connectivity index (χ3n) is 2.77. The molecule has 0 amide bonds. The topological polar surface area (TPSA) is 49.7 Å². The number of hydrogen-bond donors (Lipinski definition) is 2. The molecule has 2 atom stereocenters. The molecule has 1 aromatic rings. The molecule has 0 saturated carbocycles. The molecule has 2 N–H and O–H groups in total. The molecule has 0 unspecified atom stereocenters. The maximum Gasteiger partial charge on any atom is 0.0795 e. The van der Waals surface area contributed by atoms with Gasteiger partial charge in [0.1, 0.15) is 0 Å². The minimum absolute atomic E-state index is 0.0506. The van der Waals surface area contributed by atoms with Crippen LogP contribution in [0, 0.1) is 0 Å². The van der Waals surface area contributed by atoms with E-state index in [1.807, 2.05) is 36.4 Å². The van der Waals surface area contributed by atoms with Crippen molar-refractivity contribution in [1.82, 2.24) is 0 Å². The van der Waals surface area contributed by atoms with Crippen molar-refractivity contribution in [3.8, 4) is 0 Å². The SMILES string of the molecule is C=CCC[C@H](C[C@H](O)CO)OCc1ccccc1. The summed E-state index contributed by atoms with van der Waals surface area (Å²) in [6.45, 7) is 3.99. The Labute approximate surface area is 109 Å². The molecule has 0 aliphatic rings. The molecule has 1 aromatic carbocycles. The lowest BCUT2D eigenvalue weighted by Gasteiger charge is -2.19. The van der Waals surface area contributed by atoms with Gasteiger partial charge >= 0.3 is 0 Å². The van der Waals surface area contributed by atoms with Crippen molar-refractivity contribution in [2.45, 2.75) is 38.1 Å². The van der Waals surface area contributed by atoms with E-state index in [-0.39, 0.29) is 12.7 Å². The highest BCUT2D eigenvalue weighted by Crippen LogP contribution is 2.13. The molecule has 0 heterocycles. The van der Waals surface area contributed by atoms with Gasteiger partial charge in [-0.1, -0.05) is 36.4 Å². The zero-order valence-electron chi connectivity index (χ0n) is 10.7. The first-order chi connectivity index (χ1) is 8.76. The van der Waals surface area contributed by atoms with Crippen molar-refractivity contribution in [3.63, 3.8) is 0 Å². The number of hydrogen-bond acceptors (Lipinski definition) is 3. The lowest BCUT2D eigenvalue weighted by molar-refractivity contribution is -0.0134. The number of aliphatic hydroxyl groups excluding tert-OH is 2. The van der Waals surface area contributed by atoms with Crippen LogP contribution in [0.2, 0.25) is 0 Å². The molecule has 0 radical (unpaired) electrons. The van der Waals surface area contributed by atoms with Crippen LogP contribution in [-0.4, -0.2) is 29.0 Å². The largest absolute Gasteiger partial charge is 0.394 e. The second-order valence-corrected chi connectivity index (χ2v) is 4.36. The number of allylic oxidation sites excluding steroid dienone is 1. The van der Waals surface area contributed by atoms with Gasteiger partial charge in [-0.3, -0.25) is 0 Å². The van der Waals surface area contributed by atoms with E-state index >= 15 is 0 Å². The summed E-state index contributed by atoms with van der Waals surface area (Å²) < 4.78 is 5.78. The van der Waals surface area contributed by atoms with Gasteiger partial charge in [-0.2, -0.15) is 0 Å². The van der Waals surface area contributed by atoms with Crippen LogP contribution in [0.3, 0.4) is 0 Å². The Morgan fingerprint density at radius 3 is 2.61 bits per heavy atom. The highest BCUT2D eigenvalue weighted by atomic mass is 16.5. The second kappa shape index (κ2) is 8.86. The van der Waals surface area contributed by atoms with Crippen molar-refractivity contribution in [1.29, 1.82) is 0 Å². The van der Waals surface area contributed by atoms with Crippen molar-refractivity contribution in [2.75, 3.05) is 6.61 Å². The van der Waals surface area contributed by atoms with Gasteiger partial charge in [-0.05, 0) is 18.4 Å². The molecule has 3 nitrogen and oxygen atoms in total. The number of benzene rings is 1. The smallest absolute Gasteiger partial charge is 0.0795 e. The Bertz CT molecular complexity index is 324. The highest BCUT2D eigenvalue weighted by Gasteiger charge is 2.14. The summed E-state index contributed by atoms with van der Waals surface area (Å²) in [5.74, 6) is 0. The number of ether oxygens (including phenoxy) is 1. The van der Waals surface area contributed by atoms with Gasteiger partial charge < -0.3 is 14.9 Å². The summed E-state index contributed by atoms with van der Waals surface area (Å²) in [5.41, 5.74) is 1.11. The number of rotatable bonds is 9. The van der Waals surface area contributed by atoms with E-state index in [4.69, 9.17) is 9.84 Å². The van der Waals surface area contributed by atoms with Gasteiger partial charge in [0.2, 0.25) is 0 Å². The van der Waals surface area contributed by atoms with E-state index in [9.17, 15) is 5.11 Å². The molecule has 100 valence electrons. The lowest BCUT2D eigenvalue weighted by atomic mass is 10.1. The average Bonchev–Trinajstić information content (AvgIpc) is 2.42. The molecule has 0 aromatic heterocycles. The highest BCUT2D eigenvalue weighted by molar-refractivity contribution is 5.13. The lowest BCUT2D eigenvalue weighted by Crippen LogP contribution is -2.23. The molecule has 18 heavy (non-hydrogen) atoms. The molecule has 0 aliphatic heterocycles. The number of aliphatic hydroxyl groups is 2. The summed E-state index contributed by atoms with van der Waals surface area (Å²) in [7, 11) is 0. The minimum atomic E-state index is -0.712. The standard InChI is InChI=1S/C15H22O3/c1-2-3-9-15(10-14(17)11-16)18-12-13-7-5-4-6-8-13/h2,4-8,14-17H,1,3,9-12H2/t14-,15+/m0/s1. The van der Waals surface area contributed by atoms with Crippen molar-refractivity contribution in [3.05, 3.63) is 48.6 Å². The molecule has 0 fully saturated rings. The van der Waals surface area contributed by atoms with Crippen LogP contribution in [0.1, 0.15) is 24.8 Å². The Hall–Kier alpha value is -1.16. The second-order valence-electron chi connectivity index (χ2n) is 4.36. The van der Waals surface area contributed by atoms with E-state index in [1.165, 1.54) is 0 Å². The molecule has 0 saturated heterocycles. The molecule has 0 aliphatic carbocycles. The van der Waals surface area contributed by atoms with Gasteiger partial charge in [0.05, 0.1) is 25.4 Å². The van der Waals surface area contributed by atoms with Crippen LogP contribution in [-0.2, 0) is 11.3 Å². The summed E-state index contributed by atoms with van der Waals surface area (Å²) in [4.78, 5) is 0. The zero-order valence-corrected chi connectivity index (χ0v) is 10.7. The van der Waals surface area contributed by atoms with Crippen molar-refractivity contribution >= 4 is 0 Å². The summed E-state index contributed by atoms with van der Waals surface area (Å²) in [6.07, 6.45) is 3.19. The van der Waals surface area contributed by atoms with Crippen LogP contribution in [0.4, 0.5) is 0 Å². The quantitative estimate of drug-likeness (QED) is 0.661. The maximum atomic E-state index is 9.47. The van der Waals surface area contributed by atoms with Crippen LogP contribution in [0.25, 0.3) is 0 Å². The third kappa shape index (κ3) is 5.96. The van der Waals surface area contributed by atoms with Crippen LogP contribution < -0.4 is 0 Å². The van der Waals surface area contributed by atoms with Gasteiger partial charge in [-0.15, -0.1) is 6.58 Å². The molecule has 0 spiro atoms. The Kier molecular flexibility index (Phi) is 7.34. The van der Waals surface area contributed by atoms with Crippen LogP contribution in [0.15, 0.2) is 43.0 Å². The third-order valence-corrected chi connectivity index (χ3v) is 2.77. The van der Waals surface area contributed by atoms with E-state index in [0.717, 1.165) is 18.4 Å². The Morgan fingerprint density at radius 1 is 1.28 bits per heavy atom. The molecule has 3 heteroatoms. The van der Waals surface area contributed by atoms with Crippen LogP contribution >= 0.6 is 0 Å². The van der Waals surface area contributed by atoms with Gasteiger partial charge in [0.15, 0.2) is 0 Å². The normalized spacial score (nSPS) is 14.1. The molecular formula is C15H22O3. The van der Waals surface area contributed by atoms with Gasteiger partial charge in [-0.25, -0.2) is 0 Å². The fourth-order valence-corrected chi connectivity index (χ4v) is 1.74. The van der Waals surface area contributed by atoms with E-state index in [0.29, 0.717) is 13.0 Å². The average molecular weight is 250 g/mol. The van der Waals surface area contributed by atoms with E-state index in [1.54, 1.807) is 0 Å². The monoisotopic (exact) mass is 250 g/mol. The van der Waals surface area contributed by atoms with Gasteiger partial charge in [0.25, 0.3) is 0 Å². The summed E-state index contributed by atoms with van der Waals surface area (Å²) in [6, 6.07) is 9.92. The molecule has 1 rings (SSSR count). The van der Waals surface area contributed by atoms with E-state index in [2.05, 4.69) is 6.58 Å². The maximum absolute atomic E-state index is 9.47. The molecule has 0 bridgehead atoms. The first-order valence-corrected chi connectivity index (χ1v) is 6.31. The van der Waals surface area contributed by atoms with Gasteiger partial charge in [0, 0.05) is 6.42 Å². The first-order valence-electron chi connectivity index (χ1n) is 6.31. The van der Waals surface area contributed by atoms with Crippen molar-refractivity contribution < 1.29 is 14.9 Å². The van der Waals surface area contributed by atoms with Crippen LogP contribution in [0.5, 0.6) is 0 Å². The molecular weight excluding hydrogens is 228 g/mol. The predicted molar refractivity (Wildman–Crippen MR) is 72.2 cm³/mol. The fraction of sp³-hybridized carbons (Fsp3) is 0.467.